The molecule has 0 radical (unpaired) electrons. The van der Waals surface area contributed by atoms with Gasteiger partial charge in [0.15, 0.2) is 5.76 Å². The number of thiophene rings is 1. The zero-order valence-electron chi connectivity index (χ0n) is 14.3. The van der Waals surface area contributed by atoms with Gasteiger partial charge in [0.05, 0.1) is 4.88 Å². The number of ether oxygens (including phenoxy) is 1. The summed E-state index contributed by atoms with van der Waals surface area (Å²) < 4.78 is 10.4. The maximum absolute atomic E-state index is 11.9. The number of amides is 1. The minimum absolute atomic E-state index is 0.0604. The first-order valence-electron chi connectivity index (χ1n) is 8.30. The van der Waals surface area contributed by atoms with Crippen molar-refractivity contribution in [3.8, 4) is 10.6 Å². The van der Waals surface area contributed by atoms with Crippen molar-refractivity contribution in [1.82, 2.24) is 10.5 Å². The molecule has 0 aliphatic heterocycles. The molecular weight excluding hydrogens is 388 g/mol. The number of nitrogens with one attached hydrogen (secondary N) is 1. The largest absolute Gasteiger partial charge is 0.459 e. The number of nitrogens with zero attached hydrogens (tertiary/aromatic N) is 1. The lowest BCUT2D eigenvalue weighted by Crippen LogP contribution is -2.24. The highest BCUT2D eigenvalue weighted by molar-refractivity contribution is 7.13. The fraction of sp³-hybridized carbons (Fsp3) is 0.211. The summed E-state index contributed by atoms with van der Waals surface area (Å²) in [6.45, 7) is 0.438. The van der Waals surface area contributed by atoms with E-state index < -0.39 is 0 Å². The van der Waals surface area contributed by atoms with E-state index in [0.717, 1.165) is 4.88 Å². The average molecular weight is 405 g/mol. The van der Waals surface area contributed by atoms with Gasteiger partial charge in [0.25, 0.3) is 5.91 Å². The van der Waals surface area contributed by atoms with Crippen LogP contribution in [0.15, 0.2) is 52.4 Å². The second-order valence-electron chi connectivity index (χ2n) is 5.69. The summed E-state index contributed by atoms with van der Waals surface area (Å²) in [6, 6.07) is 12.2. The van der Waals surface area contributed by atoms with E-state index in [9.17, 15) is 9.59 Å². The van der Waals surface area contributed by atoms with Crippen molar-refractivity contribution >= 4 is 34.8 Å². The van der Waals surface area contributed by atoms with Gasteiger partial charge in [-0.1, -0.05) is 22.8 Å². The number of hydrogen-bond donors (Lipinski definition) is 1. The number of esters is 1. The van der Waals surface area contributed by atoms with Crippen LogP contribution < -0.4 is 5.32 Å². The highest BCUT2D eigenvalue weighted by Crippen LogP contribution is 2.25. The van der Waals surface area contributed by atoms with Crippen LogP contribution in [0.25, 0.3) is 10.6 Å². The summed E-state index contributed by atoms with van der Waals surface area (Å²) in [4.78, 5) is 24.7. The zero-order chi connectivity index (χ0) is 19.1. The maximum Gasteiger partial charge on any atom is 0.306 e. The van der Waals surface area contributed by atoms with Crippen molar-refractivity contribution in [3.05, 3.63) is 64.1 Å². The van der Waals surface area contributed by atoms with Gasteiger partial charge in [0.1, 0.15) is 12.3 Å². The average Bonchev–Trinajstić information content (AvgIpc) is 3.35. The molecule has 0 atom stereocenters. The molecule has 0 aliphatic rings. The fourth-order valence-corrected chi connectivity index (χ4v) is 3.08. The quantitative estimate of drug-likeness (QED) is 0.447. The molecule has 8 heteroatoms. The summed E-state index contributed by atoms with van der Waals surface area (Å²) in [5.41, 5.74) is 1.08. The lowest BCUT2D eigenvalue weighted by atomic mass is 10.2. The molecule has 0 fully saturated rings. The Morgan fingerprint density at radius 3 is 2.78 bits per heavy atom. The molecule has 0 saturated carbocycles. The first-order chi connectivity index (χ1) is 13.1. The Labute approximate surface area is 165 Å². The highest BCUT2D eigenvalue weighted by Gasteiger charge is 2.10. The van der Waals surface area contributed by atoms with Gasteiger partial charge >= 0.3 is 5.97 Å². The Bertz CT molecular complexity index is 891. The van der Waals surface area contributed by atoms with Crippen LogP contribution in [-0.4, -0.2) is 23.6 Å². The molecule has 0 unspecified atom stereocenters. The number of carbonyl (C=O) groups is 2. The minimum atomic E-state index is -0.351. The van der Waals surface area contributed by atoms with Crippen molar-refractivity contribution in [2.45, 2.75) is 19.4 Å². The summed E-state index contributed by atoms with van der Waals surface area (Å²) >= 11 is 7.33. The molecule has 0 aliphatic carbocycles. The first kappa shape index (κ1) is 19.1. The molecule has 27 heavy (non-hydrogen) atoms. The number of benzene rings is 1. The first-order valence-corrected chi connectivity index (χ1v) is 9.56. The molecule has 1 aromatic carbocycles. The van der Waals surface area contributed by atoms with E-state index >= 15 is 0 Å². The van der Waals surface area contributed by atoms with E-state index in [1.807, 2.05) is 17.5 Å². The van der Waals surface area contributed by atoms with Crippen molar-refractivity contribution in [1.29, 1.82) is 0 Å². The van der Waals surface area contributed by atoms with Gasteiger partial charge < -0.3 is 14.6 Å². The Hall–Kier alpha value is -2.64. The van der Waals surface area contributed by atoms with E-state index in [2.05, 4.69) is 10.5 Å². The molecule has 0 spiro atoms. The molecule has 3 aromatic rings. The molecule has 3 rings (SSSR count). The molecule has 2 aromatic heterocycles. The molecule has 1 amide bonds. The maximum atomic E-state index is 11.9. The fourth-order valence-electron chi connectivity index (χ4n) is 2.28. The van der Waals surface area contributed by atoms with Crippen LogP contribution >= 0.6 is 22.9 Å². The van der Waals surface area contributed by atoms with Gasteiger partial charge in [-0.3, -0.25) is 9.59 Å². The Morgan fingerprint density at radius 2 is 2.04 bits per heavy atom. The second-order valence-corrected chi connectivity index (χ2v) is 7.07. The number of rotatable bonds is 8. The minimum Gasteiger partial charge on any atom is -0.459 e. The molecule has 0 bridgehead atoms. The monoisotopic (exact) mass is 404 g/mol. The van der Waals surface area contributed by atoms with Crippen LogP contribution in [0.2, 0.25) is 5.02 Å². The van der Waals surface area contributed by atoms with E-state index in [1.165, 1.54) is 0 Å². The van der Waals surface area contributed by atoms with E-state index in [-0.39, 0.29) is 24.9 Å². The molecular formula is C19H17ClN2O4S. The number of carbonyl (C=O) groups excluding carboxylic acids is 2. The molecule has 140 valence electrons. The summed E-state index contributed by atoms with van der Waals surface area (Å²) in [6.07, 6.45) is 0.688. The molecule has 0 saturated heterocycles. The molecule has 1 N–H and O–H groups in total. The van der Waals surface area contributed by atoms with Crippen LogP contribution in [0.4, 0.5) is 0 Å². The van der Waals surface area contributed by atoms with Crippen LogP contribution in [-0.2, 0) is 16.1 Å². The van der Waals surface area contributed by atoms with Gasteiger partial charge in [-0.05, 0) is 42.1 Å². The number of aromatic nitrogens is 1. The summed E-state index contributed by atoms with van der Waals surface area (Å²) in [5, 5.41) is 9.16. The highest BCUT2D eigenvalue weighted by atomic mass is 35.5. The van der Waals surface area contributed by atoms with Crippen LogP contribution in [0.3, 0.4) is 0 Å². The number of halogens is 1. The summed E-state index contributed by atoms with van der Waals surface area (Å²) in [5.74, 6) is 0.0983. The van der Waals surface area contributed by atoms with Crippen molar-refractivity contribution < 1.29 is 18.8 Å². The van der Waals surface area contributed by atoms with E-state index in [0.29, 0.717) is 35.0 Å². The smallest absolute Gasteiger partial charge is 0.306 e. The van der Waals surface area contributed by atoms with Crippen LogP contribution in [0.5, 0.6) is 0 Å². The normalized spacial score (nSPS) is 10.6. The Balaban J connectivity index is 1.34. The third-order valence-corrected chi connectivity index (χ3v) is 4.79. The molecule has 6 nitrogen and oxygen atoms in total. The van der Waals surface area contributed by atoms with Crippen molar-refractivity contribution in [3.63, 3.8) is 0 Å². The van der Waals surface area contributed by atoms with Crippen LogP contribution in [0, 0.1) is 0 Å². The Kier molecular flexibility index (Phi) is 6.62. The van der Waals surface area contributed by atoms with Crippen molar-refractivity contribution in [2.75, 3.05) is 6.54 Å². The topological polar surface area (TPSA) is 81.4 Å². The SMILES string of the molecule is O=C(CCCNC(=O)c1ccc(Cl)cc1)OCc1cc(-c2cccs2)on1. The van der Waals surface area contributed by atoms with E-state index in [4.69, 9.17) is 20.9 Å². The predicted octanol–water partition coefficient (Wildman–Crippen LogP) is 4.31. The molecule has 2 heterocycles. The standard InChI is InChI=1S/C19H17ClN2O4S/c20-14-7-5-13(6-8-14)19(24)21-9-1-4-18(23)25-12-15-11-16(26-22-15)17-3-2-10-27-17/h2-3,5-8,10-11H,1,4,9,12H2,(H,21,24). The third-order valence-electron chi connectivity index (χ3n) is 3.65. The third kappa shape index (κ3) is 5.67. The van der Waals surface area contributed by atoms with Gasteiger partial charge in [-0.2, -0.15) is 0 Å². The second kappa shape index (κ2) is 9.34. The lowest BCUT2D eigenvalue weighted by Gasteiger charge is -2.05. The van der Waals surface area contributed by atoms with Crippen molar-refractivity contribution in [2.24, 2.45) is 0 Å². The number of hydrogen-bond acceptors (Lipinski definition) is 6. The lowest BCUT2D eigenvalue weighted by molar-refractivity contribution is -0.145. The summed E-state index contributed by atoms with van der Waals surface area (Å²) in [7, 11) is 0. The van der Waals surface area contributed by atoms with Gasteiger partial charge in [-0.15, -0.1) is 11.3 Å². The van der Waals surface area contributed by atoms with Gasteiger partial charge in [0, 0.05) is 29.6 Å². The predicted molar refractivity (Wildman–Crippen MR) is 103 cm³/mol. The van der Waals surface area contributed by atoms with E-state index in [1.54, 1.807) is 41.7 Å². The van der Waals surface area contributed by atoms with Crippen LogP contribution in [0.1, 0.15) is 28.9 Å². The Morgan fingerprint density at radius 1 is 1.22 bits per heavy atom. The van der Waals surface area contributed by atoms with Gasteiger partial charge in [0.2, 0.25) is 0 Å². The van der Waals surface area contributed by atoms with Gasteiger partial charge in [-0.25, -0.2) is 0 Å². The zero-order valence-corrected chi connectivity index (χ0v) is 15.9.